The Morgan fingerprint density at radius 3 is 1.46 bits per heavy atom. The summed E-state index contributed by atoms with van der Waals surface area (Å²) in [6.45, 7) is 0. The summed E-state index contributed by atoms with van der Waals surface area (Å²) in [5, 5.41) is 11.7. The molecular formula is C48H28O2. The van der Waals surface area contributed by atoms with E-state index < -0.39 is 0 Å². The molecule has 0 aliphatic rings. The SMILES string of the molecule is c1ccc(-c2c3ccccc3c(-c3ccc(-c4cc5oc6ccc7c8ccccc8oc7c6c5c5ccccc45)cc3)c3ccccc23)cc1. The van der Waals surface area contributed by atoms with Gasteiger partial charge in [-0.05, 0) is 90.0 Å². The van der Waals surface area contributed by atoms with Crippen LogP contribution in [-0.2, 0) is 0 Å². The van der Waals surface area contributed by atoms with Crippen molar-refractivity contribution in [2.45, 2.75) is 0 Å². The summed E-state index contributed by atoms with van der Waals surface area (Å²) < 4.78 is 13.1. The van der Waals surface area contributed by atoms with Gasteiger partial charge in [-0.25, -0.2) is 0 Å². The number of hydrogen-bond donors (Lipinski definition) is 0. The Morgan fingerprint density at radius 2 is 0.800 bits per heavy atom. The number of benzene rings is 9. The van der Waals surface area contributed by atoms with E-state index in [9.17, 15) is 0 Å². The largest absolute Gasteiger partial charge is 0.456 e. The van der Waals surface area contributed by atoms with Gasteiger partial charge in [-0.2, -0.15) is 0 Å². The molecule has 0 spiro atoms. The molecule has 11 rings (SSSR count). The molecule has 232 valence electrons. The van der Waals surface area contributed by atoms with Crippen molar-refractivity contribution in [3.63, 3.8) is 0 Å². The second-order valence-electron chi connectivity index (χ2n) is 13.1. The van der Waals surface area contributed by atoms with E-state index in [0.717, 1.165) is 60.4 Å². The van der Waals surface area contributed by atoms with Gasteiger partial charge in [0.1, 0.15) is 22.3 Å². The highest BCUT2D eigenvalue weighted by molar-refractivity contribution is 6.29. The van der Waals surface area contributed by atoms with Crippen molar-refractivity contribution in [3.8, 4) is 33.4 Å². The van der Waals surface area contributed by atoms with Crippen LogP contribution in [0.2, 0.25) is 0 Å². The minimum atomic E-state index is 0.835. The van der Waals surface area contributed by atoms with Gasteiger partial charge in [-0.1, -0.05) is 146 Å². The van der Waals surface area contributed by atoms with Gasteiger partial charge in [0, 0.05) is 16.2 Å². The molecule has 2 heterocycles. The van der Waals surface area contributed by atoms with Crippen molar-refractivity contribution in [3.05, 3.63) is 170 Å². The highest BCUT2D eigenvalue weighted by Gasteiger charge is 2.21. The second-order valence-corrected chi connectivity index (χ2v) is 13.1. The molecule has 9 aromatic carbocycles. The number of hydrogen-bond acceptors (Lipinski definition) is 2. The molecule has 0 aliphatic carbocycles. The average molecular weight is 637 g/mol. The first-order valence-electron chi connectivity index (χ1n) is 17.1. The summed E-state index contributed by atoms with van der Waals surface area (Å²) in [7, 11) is 0. The Bertz CT molecular complexity index is 3070. The molecule has 2 aromatic heterocycles. The van der Waals surface area contributed by atoms with Crippen LogP contribution in [0.4, 0.5) is 0 Å². The third kappa shape index (κ3) is 3.85. The first kappa shape index (κ1) is 27.3. The summed E-state index contributed by atoms with van der Waals surface area (Å²) in [5.74, 6) is 0. The van der Waals surface area contributed by atoms with Crippen molar-refractivity contribution < 1.29 is 8.83 Å². The lowest BCUT2D eigenvalue weighted by Crippen LogP contribution is -1.91. The van der Waals surface area contributed by atoms with Crippen molar-refractivity contribution in [2.24, 2.45) is 0 Å². The van der Waals surface area contributed by atoms with Crippen molar-refractivity contribution in [1.82, 2.24) is 0 Å². The first-order chi connectivity index (χ1) is 24.8. The summed E-state index contributed by atoms with van der Waals surface area (Å²) >= 11 is 0. The summed E-state index contributed by atoms with van der Waals surface area (Å²) in [4.78, 5) is 0. The molecule has 0 N–H and O–H groups in total. The van der Waals surface area contributed by atoms with E-state index in [-0.39, 0.29) is 0 Å². The van der Waals surface area contributed by atoms with Gasteiger partial charge in [0.05, 0.1) is 5.39 Å². The Kier molecular flexibility index (Phi) is 5.70. The van der Waals surface area contributed by atoms with Gasteiger partial charge in [0.25, 0.3) is 0 Å². The van der Waals surface area contributed by atoms with Crippen LogP contribution in [0.3, 0.4) is 0 Å². The van der Waals surface area contributed by atoms with Gasteiger partial charge < -0.3 is 8.83 Å². The molecular weight excluding hydrogens is 609 g/mol. The van der Waals surface area contributed by atoms with E-state index in [1.807, 2.05) is 12.1 Å². The van der Waals surface area contributed by atoms with Crippen LogP contribution in [0.1, 0.15) is 0 Å². The van der Waals surface area contributed by atoms with E-state index in [4.69, 9.17) is 8.83 Å². The Hall–Kier alpha value is -6.64. The minimum Gasteiger partial charge on any atom is -0.456 e. The quantitative estimate of drug-likeness (QED) is 0.180. The fraction of sp³-hybridized carbons (Fsp3) is 0. The Balaban J connectivity index is 1.12. The molecule has 0 amide bonds. The summed E-state index contributed by atoms with van der Waals surface area (Å²) in [6.07, 6.45) is 0. The molecule has 0 saturated carbocycles. The molecule has 0 radical (unpaired) electrons. The fourth-order valence-corrected chi connectivity index (χ4v) is 8.31. The number of rotatable bonds is 3. The summed E-state index contributed by atoms with van der Waals surface area (Å²) in [5.41, 5.74) is 10.7. The summed E-state index contributed by atoms with van der Waals surface area (Å²) in [6, 6.07) is 60.8. The molecule has 0 bridgehead atoms. The van der Waals surface area contributed by atoms with Crippen molar-refractivity contribution in [2.75, 3.05) is 0 Å². The first-order valence-corrected chi connectivity index (χ1v) is 17.1. The Labute approximate surface area is 287 Å². The van der Waals surface area contributed by atoms with E-state index in [1.165, 1.54) is 49.2 Å². The minimum absolute atomic E-state index is 0.835. The van der Waals surface area contributed by atoms with Crippen LogP contribution in [0.25, 0.3) is 110 Å². The van der Waals surface area contributed by atoms with E-state index >= 15 is 0 Å². The van der Waals surface area contributed by atoms with E-state index in [2.05, 4.69) is 158 Å². The van der Waals surface area contributed by atoms with Gasteiger partial charge >= 0.3 is 0 Å². The smallest absolute Gasteiger partial charge is 0.147 e. The molecule has 2 heteroatoms. The van der Waals surface area contributed by atoms with E-state index in [0.29, 0.717) is 0 Å². The van der Waals surface area contributed by atoms with Crippen LogP contribution in [0, 0.1) is 0 Å². The van der Waals surface area contributed by atoms with Crippen LogP contribution in [-0.4, -0.2) is 0 Å². The average Bonchev–Trinajstić information content (AvgIpc) is 3.76. The monoisotopic (exact) mass is 636 g/mol. The normalized spacial score (nSPS) is 12.0. The number of fused-ring (bicyclic) bond motifs is 11. The third-order valence-corrected chi connectivity index (χ3v) is 10.5. The maximum Gasteiger partial charge on any atom is 0.147 e. The Morgan fingerprint density at radius 1 is 0.280 bits per heavy atom. The zero-order valence-electron chi connectivity index (χ0n) is 27.0. The van der Waals surface area contributed by atoms with Gasteiger partial charge in [-0.15, -0.1) is 0 Å². The molecule has 2 nitrogen and oxygen atoms in total. The molecule has 0 atom stereocenters. The van der Waals surface area contributed by atoms with Gasteiger partial charge in [0.2, 0.25) is 0 Å². The van der Waals surface area contributed by atoms with Crippen molar-refractivity contribution >= 4 is 76.2 Å². The third-order valence-electron chi connectivity index (χ3n) is 10.5. The molecule has 0 unspecified atom stereocenters. The lowest BCUT2D eigenvalue weighted by atomic mass is 9.85. The maximum absolute atomic E-state index is 6.60. The zero-order chi connectivity index (χ0) is 32.8. The van der Waals surface area contributed by atoms with Crippen LogP contribution < -0.4 is 0 Å². The lowest BCUT2D eigenvalue weighted by Gasteiger charge is -2.18. The number of furan rings is 2. The standard InChI is InChI=1S/C48H28O2/c1-2-12-30(13-3-1)44-35-17-6-8-19-37(35)45(38-20-9-7-18-36(38)44)31-24-22-29(23-25-31)40-28-43-46(34-16-5-4-14-32(34)40)47-42(49-43)27-26-39-33-15-10-11-21-41(33)50-48(39)47/h1-28H. The zero-order valence-corrected chi connectivity index (χ0v) is 27.0. The van der Waals surface area contributed by atoms with Gasteiger partial charge in [-0.3, -0.25) is 0 Å². The van der Waals surface area contributed by atoms with Crippen LogP contribution in [0.5, 0.6) is 0 Å². The maximum atomic E-state index is 6.60. The highest BCUT2D eigenvalue weighted by Crippen LogP contribution is 2.46. The molecule has 0 fully saturated rings. The van der Waals surface area contributed by atoms with Crippen LogP contribution >= 0.6 is 0 Å². The second kappa shape index (κ2) is 10.4. The highest BCUT2D eigenvalue weighted by atomic mass is 16.3. The number of para-hydroxylation sites is 1. The molecule has 0 saturated heterocycles. The van der Waals surface area contributed by atoms with Crippen LogP contribution in [0.15, 0.2) is 179 Å². The molecule has 50 heavy (non-hydrogen) atoms. The van der Waals surface area contributed by atoms with E-state index in [1.54, 1.807) is 0 Å². The van der Waals surface area contributed by atoms with Crippen molar-refractivity contribution in [1.29, 1.82) is 0 Å². The molecule has 11 aromatic rings. The predicted octanol–water partition coefficient (Wildman–Crippen LogP) is 13.9. The predicted molar refractivity (Wildman–Crippen MR) is 210 cm³/mol. The van der Waals surface area contributed by atoms with Gasteiger partial charge in [0.15, 0.2) is 0 Å². The topological polar surface area (TPSA) is 26.3 Å². The molecule has 0 aliphatic heterocycles. The fourth-order valence-electron chi connectivity index (χ4n) is 8.31. The lowest BCUT2D eigenvalue weighted by molar-refractivity contribution is 0.663.